The molecule has 16 nitrogen and oxygen atoms in total. The standard InChI is InChI=1S/C32H36O16/c1-14(33)28(39)47-21(30(41)44-15(2)29(40)46-20(27(37)38)12-22(34)35)13-23(36)45-19-8-10-32(42)17-5-4-9-31(32)24-16(11-17)6-7-18(43-3)25(24)48-26(19)31/h6-8,14-15,17,20-21,26,33,42H,4-5,9-13H2,1-3H3,(H,34,35)(H,37,38)/t14-,15-,17-,20-,21-,26+,31+,32-/m0/s1. The number of carbonyl (C=O) groups excluding carboxylic acids is 4. The smallest absolute Gasteiger partial charge is 0.348 e. The normalized spacial score (nSPS) is 27.0. The van der Waals surface area contributed by atoms with Gasteiger partial charge < -0.3 is 48.8 Å². The molecule has 1 aromatic rings. The van der Waals surface area contributed by atoms with E-state index >= 15 is 0 Å². The first-order valence-corrected chi connectivity index (χ1v) is 15.4. The molecule has 1 spiro atoms. The Morgan fingerprint density at radius 2 is 1.69 bits per heavy atom. The van der Waals surface area contributed by atoms with Gasteiger partial charge in [-0.1, -0.05) is 12.5 Å². The molecular formula is C32H36O16. The van der Waals surface area contributed by atoms with Gasteiger partial charge in [0.05, 0.1) is 31.0 Å². The summed E-state index contributed by atoms with van der Waals surface area (Å²) in [6, 6.07) is 3.74. The maximum absolute atomic E-state index is 13.3. The van der Waals surface area contributed by atoms with Crippen LogP contribution in [0.2, 0.25) is 0 Å². The van der Waals surface area contributed by atoms with Crippen LogP contribution in [0.15, 0.2) is 24.0 Å². The minimum absolute atomic E-state index is 0.0692. The molecule has 0 saturated heterocycles. The molecule has 0 aromatic heterocycles. The first-order chi connectivity index (χ1) is 22.6. The number of aliphatic hydroxyl groups is 2. The third-order valence-corrected chi connectivity index (χ3v) is 9.43. The van der Waals surface area contributed by atoms with Crippen LogP contribution in [0.3, 0.4) is 0 Å². The summed E-state index contributed by atoms with van der Waals surface area (Å²) < 4.78 is 32.2. The van der Waals surface area contributed by atoms with Gasteiger partial charge in [-0.3, -0.25) is 9.59 Å². The molecular weight excluding hydrogens is 640 g/mol. The molecule has 0 unspecified atom stereocenters. The molecule has 1 fully saturated rings. The zero-order valence-corrected chi connectivity index (χ0v) is 26.3. The molecule has 0 radical (unpaired) electrons. The van der Waals surface area contributed by atoms with E-state index in [4.69, 9.17) is 33.9 Å². The van der Waals surface area contributed by atoms with E-state index in [1.807, 2.05) is 6.07 Å². The molecule has 48 heavy (non-hydrogen) atoms. The zero-order valence-electron chi connectivity index (χ0n) is 26.3. The number of methoxy groups -OCH3 is 1. The number of carboxylic acids is 2. The van der Waals surface area contributed by atoms with Crippen molar-refractivity contribution >= 4 is 35.8 Å². The van der Waals surface area contributed by atoms with Gasteiger partial charge in [-0.05, 0) is 63.2 Å². The number of esters is 4. The second-order valence-electron chi connectivity index (χ2n) is 12.3. The van der Waals surface area contributed by atoms with Crippen LogP contribution in [0.5, 0.6) is 11.5 Å². The highest BCUT2D eigenvalue weighted by molar-refractivity contribution is 5.88. The summed E-state index contributed by atoms with van der Waals surface area (Å²) >= 11 is 0. The number of benzene rings is 1. The van der Waals surface area contributed by atoms with E-state index in [0.29, 0.717) is 24.3 Å². The van der Waals surface area contributed by atoms with Crippen molar-refractivity contribution < 1.29 is 77.6 Å². The van der Waals surface area contributed by atoms with Crippen molar-refractivity contribution in [1.29, 1.82) is 0 Å². The highest BCUT2D eigenvalue weighted by Crippen LogP contribution is 2.67. The van der Waals surface area contributed by atoms with E-state index in [1.165, 1.54) is 7.11 Å². The van der Waals surface area contributed by atoms with E-state index in [0.717, 1.165) is 37.8 Å². The second kappa shape index (κ2) is 13.1. The van der Waals surface area contributed by atoms with Crippen LogP contribution < -0.4 is 9.47 Å². The molecule has 260 valence electrons. The van der Waals surface area contributed by atoms with Crippen molar-refractivity contribution in [1.82, 2.24) is 0 Å². The Balaban J connectivity index is 1.34. The predicted molar refractivity (Wildman–Crippen MR) is 155 cm³/mol. The van der Waals surface area contributed by atoms with Gasteiger partial charge in [-0.15, -0.1) is 0 Å². The second-order valence-corrected chi connectivity index (χ2v) is 12.3. The summed E-state index contributed by atoms with van der Waals surface area (Å²) in [4.78, 5) is 73.1. The lowest BCUT2D eigenvalue weighted by Crippen LogP contribution is -2.67. The molecule has 5 rings (SSSR count). The summed E-state index contributed by atoms with van der Waals surface area (Å²) in [6.45, 7) is 2.03. The molecule has 3 aliphatic carbocycles. The largest absolute Gasteiger partial charge is 0.493 e. The average molecular weight is 677 g/mol. The van der Waals surface area contributed by atoms with Crippen LogP contribution in [0.4, 0.5) is 0 Å². The number of carboxylic acid groups (broad SMARTS) is 2. The lowest BCUT2D eigenvalue weighted by Gasteiger charge is -2.59. The van der Waals surface area contributed by atoms with Crippen molar-refractivity contribution in [3.63, 3.8) is 0 Å². The van der Waals surface area contributed by atoms with E-state index in [9.17, 15) is 39.0 Å². The van der Waals surface area contributed by atoms with Gasteiger partial charge >= 0.3 is 35.8 Å². The van der Waals surface area contributed by atoms with Gasteiger partial charge in [0, 0.05) is 5.56 Å². The molecule has 0 amide bonds. The fourth-order valence-electron chi connectivity index (χ4n) is 7.29. The molecule has 1 heterocycles. The van der Waals surface area contributed by atoms with Crippen LogP contribution in [-0.2, 0) is 59.6 Å². The third kappa shape index (κ3) is 5.94. The lowest BCUT2D eigenvalue weighted by molar-refractivity contribution is -0.186. The number of carbonyl (C=O) groups is 6. The Kier molecular flexibility index (Phi) is 9.43. The van der Waals surface area contributed by atoms with E-state index in [-0.39, 0.29) is 18.1 Å². The van der Waals surface area contributed by atoms with Gasteiger partial charge in [-0.25, -0.2) is 19.2 Å². The zero-order chi connectivity index (χ0) is 35.1. The van der Waals surface area contributed by atoms with Gasteiger partial charge in [0.1, 0.15) is 11.9 Å². The van der Waals surface area contributed by atoms with E-state index < -0.39 is 90.2 Å². The third-order valence-electron chi connectivity index (χ3n) is 9.43. The summed E-state index contributed by atoms with van der Waals surface area (Å²) in [7, 11) is 1.49. The average Bonchev–Trinajstić information content (AvgIpc) is 3.36. The van der Waals surface area contributed by atoms with Crippen LogP contribution in [0.1, 0.15) is 63.5 Å². The molecule has 1 aliphatic heterocycles. The summed E-state index contributed by atoms with van der Waals surface area (Å²) in [6.07, 6.45) is -6.12. The van der Waals surface area contributed by atoms with Gasteiger partial charge in [0.15, 0.2) is 23.7 Å². The maximum atomic E-state index is 13.3. The van der Waals surface area contributed by atoms with Crippen molar-refractivity contribution in [2.24, 2.45) is 5.92 Å². The molecule has 16 heteroatoms. The molecule has 4 aliphatic rings. The minimum Gasteiger partial charge on any atom is -0.493 e. The van der Waals surface area contributed by atoms with Gasteiger partial charge in [0.25, 0.3) is 0 Å². The predicted octanol–water partition coefficient (Wildman–Crippen LogP) is 0.698. The van der Waals surface area contributed by atoms with Crippen molar-refractivity contribution in [2.45, 2.75) is 100 Å². The van der Waals surface area contributed by atoms with Crippen LogP contribution in [0.25, 0.3) is 0 Å². The molecule has 1 aromatic carbocycles. The Hall–Kier alpha value is -4.70. The Bertz CT molecular complexity index is 1560. The number of aliphatic hydroxyl groups excluding tert-OH is 1. The maximum Gasteiger partial charge on any atom is 0.348 e. The molecule has 4 N–H and O–H groups in total. The van der Waals surface area contributed by atoms with Gasteiger partial charge in [0.2, 0.25) is 12.2 Å². The summed E-state index contributed by atoms with van der Waals surface area (Å²) in [5.74, 6) is -7.69. The number of hydrogen-bond donors (Lipinski definition) is 4. The summed E-state index contributed by atoms with van der Waals surface area (Å²) in [5.41, 5.74) is -0.314. The first kappa shape index (κ1) is 34.6. The minimum atomic E-state index is -2.08. The Morgan fingerprint density at radius 1 is 0.979 bits per heavy atom. The van der Waals surface area contributed by atoms with Crippen molar-refractivity contribution in [3.05, 3.63) is 35.1 Å². The first-order valence-electron chi connectivity index (χ1n) is 15.4. The van der Waals surface area contributed by atoms with Crippen LogP contribution >= 0.6 is 0 Å². The number of ether oxygens (including phenoxy) is 6. The topological polar surface area (TPSA) is 239 Å². The quantitative estimate of drug-likeness (QED) is 0.166. The van der Waals surface area contributed by atoms with Crippen LogP contribution in [-0.4, -0.2) is 99.5 Å². The lowest BCUT2D eigenvalue weighted by atomic mass is 9.47. The molecule has 1 saturated carbocycles. The fraction of sp³-hybridized carbons (Fsp3) is 0.562. The highest BCUT2D eigenvalue weighted by atomic mass is 16.6. The number of hydrogen-bond acceptors (Lipinski definition) is 14. The molecule has 8 atom stereocenters. The number of aliphatic carboxylic acids is 2. The van der Waals surface area contributed by atoms with Crippen molar-refractivity contribution in [3.8, 4) is 11.5 Å². The Morgan fingerprint density at radius 3 is 2.33 bits per heavy atom. The monoisotopic (exact) mass is 676 g/mol. The van der Waals surface area contributed by atoms with Crippen LogP contribution in [0, 0.1) is 5.92 Å². The van der Waals surface area contributed by atoms with Gasteiger partial charge in [-0.2, -0.15) is 0 Å². The fourth-order valence-corrected chi connectivity index (χ4v) is 7.29. The SMILES string of the molecule is COc1ccc2c3c1O[C@@H]1C(OC(=O)C[C@H](OC(=O)[C@H](C)O)C(=O)O[C@@H](C)C(=O)O[C@@H](CC(=O)O)C(=O)O)=CC[C@]4(O)[C@@H](CCC[C@@]314)C2. The number of rotatable bonds is 13. The summed E-state index contributed by atoms with van der Waals surface area (Å²) in [5, 5.41) is 39.8. The highest BCUT2D eigenvalue weighted by Gasteiger charge is 2.71. The molecule has 2 bridgehead atoms. The van der Waals surface area contributed by atoms with E-state index in [1.54, 1.807) is 12.1 Å². The van der Waals surface area contributed by atoms with E-state index in [2.05, 4.69) is 4.74 Å². The Labute approximate surface area is 273 Å². The van der Waals surface area contributed by atoms with Crippen molar-refractivity contribution in [2.75, 3.05) is 7.11 Å².